The molecule has 0 amide bonds. The first-order valence-electron chi connectivity index (χ1n) is 8.34. The molecule has 0 radical (unpaired) electrons. The fourth-order valence-electron chi connectivity index (χ4n) is 2.67. The highest BCUT2D eigenvalue weighted by atomic mass is 14.9. The maximum absolute atomic E-state index is 2.29. The highest BCUT2D eigenvalue weighted by molar-refractivity contribution is 5.62. The van der Waals surface area contributed by atoms with Crippen molar-refractivity contribution >= 4 is 0 Å². The van der Waals surface area contributed by atoms with Gasteiger partial charge >= 0.3 is 0 Å². The lowest BCUT2D eigenvalue weighted by atomic mass is 10.0. The lowest BCUT2D eigenvalue weighted by Crippen LogP contribution is -2.25. The van der Waals surface area contributed by atoms with E-state index in [1.54, 1.807) is 0 Å². The second-order valence-electron chi connectivity index (χ2n) is 5.97. The lowest BCUT2D eigenvalue weighted by molar-refractivity contribution is -0.671. The highest BCUT2D eigenvalue weighted by Crippen LogP contribution is 2.19. The zero-order chi connectivity index (χ0) is 14.9. The van der Waals surface area contributed by atoms with E-state index in [2.05, 4.69) is 60.3 Å². The molecule has 0 fully saturated rings. The molecule has 112 valence electrons. The highest BCUT2D eigenvalue weighted by Gasteiger charge is 2.00. The molecule has 21 heavy (non-hydrogen) atoms. The van der Waals surface area contributed by atoms with Crippen LogP contribution in [0.5, 0.6) is 0 Å². The number of unbranched alkanes of at least 4 members (excludes halogenated alkanes) is 5. The van der Waals surface area contributed by atoms with Gasteiger partial charge in [0.1, 0.15) is 7.05 Å². The van der Waals surface area contributed by atoms with E-state index < -0.39 is 0 Å². The van der Waals surface area contributed by atoms with Gasteiger partial charge in [-0.05, 0) is 29.5 Å². The Kier molecular flexibility index (Phi) is 6.46. The molecule has 1 aromatic carbocycles. The third kappa shape index (κ3) is 5.34. The summed E-state index contributed by atoms with van der Waals surface area (Å²) in [6.45, 7) is 2.27. The first-order chi connectivity index (χ1) is 10.3. The van der Waals surface area contributed by atoms with Crippen molar-refractivity contribution in [3.05, 3.63) is 54.4 Å². The fraction of sp³-hybridized carbons (Fsp3) is 0.450. The average Bonchev–Trinajstić information content (AvgIpc) is 2.52. The van der Waals surface area contributed by atoms with Crippen LogP contribution in [0.15, 0.2) is 48.8 Å². The van der Waals surface area contributed by atoms with Crippen molar-refractivity contribution in [2.45, 2.75) is 51.9 Å². The molecule has 0 aliphatic carbocycles. The molecule has 1 heterocycles. The summed E-state index contributed by atoms with van der Waals surface area (Å²) in [6.07, 6.45) is 13.6. The predicted molar refractivity (Wildman–Crippen MR) is 90.1 cm³/mol. The molecule has 0 spiro atoms. The number of hydrogen-bond donors (Lipinski definition) is 0. The van der Waals surface area contributed by atoms with E-state index in [1.165, 1.54) is 61.6 Å². The van der Waals surface area contributed by atoms with Gasteiger partial charge < -0.3 is 0 Å². The Hall–Kier alpha value is -1.63. The minimum Gasteiger partial charge on any atom is -0.208 e. The second kappa shape index (κ2) is 8.61. The number of pyridine rings is 1. The van der Waals surface area contributed by atoms with Crippen LogP contribution < -0.4 is 4.57 Å². The summed E-state index contributed by atoms with van der Waals surface area (Å²) in [6, 6.07) is 13.4. The lowest BCUT2D eigenvalue weighted by Gasteiger charge is -2.04. The summed E-state index contributed by atoms with van der Waals surface area (Å²) in [7, 11) is 2.05. The van der Waals surface area contributed by atoms with Crippen LogP contribution in [0.4, 0.5) is 0 Å². The van der Waals surface area contributed by atoms with Gasteiger partial charge in [0.05, 0.1) is 0 Å². The van der Waals surface area contributed by atoms with Crippen LogP contribution in [0, 0.1) is 0 Å². The van der Waals surface area contributed by atoms with Crippen LogP contribution in [0.25, 0.3) is 11.1 Å². The largest absolute Gasteiger partial charge is 0.208 e. The van der Waals surface area contributed by atoms with Crippen molar-refractivity contribution in [3.63, 3.8) is 0 Å². The Labute approximate surface area is 129 Å². The van der Waals surface area contributed by atoms with Crippen molar-refractivity contribution in [2.75, 3.05) is 0 Å². The third-order valence-electron chi connectivity index (χ3n) is 4.08. The molecular weight excluding hydrogens is 254 g/mol. The van der Waals surface area contributed by atoms with Crippen molar-refractivity contribution < 1.29 is 4.57 Å². The third-order valence-corrected chi connectivity index (χ3v) is 4.08. The smallest absolute Gasteiger partial charge is 0.169 e. The number of aromatic nitrogens is 1. The fourth-order valence-corrected chi connectivity index (χ4v) is 2.67. The normalized spacial score (nSPS) is 10.8. The number of hydrogen-bond acceptors (Lipinski definition) is 0. The van der Waals surface area contributed by atoms with Gasteiger partial charge in [0.25, 0.3) is 0 Å². The van der Waals surface area contributed by atoms with Crippen molar-refractivity contribution in [2.24, 2.45) is 7.05 Å². The van der Waals surface area contributed by atoms with Gasteiger partial charge in [-0.3, -0.25) is 0 Å². The summed E-state index contributed by atoms with van der Waals surface area (Å²) in [5.41, 5.74) is 4.07. The summed E-state index contributed by atoms with van der Waals surface area (Å²) >= 11 is 0. The van der Waals surface area contributed by atoms with Crippen LogP contribution >= 0.6 is 0 Å². The Morgan fingerprint density at radius 3 is 1.95 bits per heavy atom. The van der Waals surface area contributed by atoms with E-state index in [0.29, 0.717) is 0 Å². The van der Waals surface area contributed by atoms with Gasteiger partial charge in [0.15, 0.2) is 12.4 Å². The molecule has 0 aliphatic heterocycles. The Balaban J connectivity index is 1.80. The summed E-state index contributed by atoms with van der Waals surface area (Å²) in [5.74, 6) is 0. The first kappa shape index (κ1) is 15.8. The van der Waals surface area contributed by atoms with Crippen LogP contribution in [0.3, 0.4) is 0 Å². The molecule has 0 saturated carbocycles. The predicted octanol–water partition coefficient (Wildman–Crippen LogP) is 5.08. The van der Waals surface area contributed by atoms with Crippen molar-refractivity contribution in [1.29, 1.82) is 0 Å². The summed E-state index contributed by atoms with van der Waals surface area (Å²) in [5, 5.41) is 0. The topological polar surface area (TPSA) is 3.88 Å². The Morgan fingerprint density at radius 1 is 0.714 bits per heavy atom. The van der Waals surface area contributed by atoms with E-state index in [1.807, 2.05) is 7.05 Å². The van der Waals surface area contributed by atoms with Gasteiger partial charge in [-0.15, -0.1) is 0 Å². The molecule has 2 rings (SSSR count). The Bertz CT molecular complexity index is 511. The van der Waals surface area contributed by atoms with Gasteiger partial charge in [-0.25, -0.2) is 4.57 Å². The monoisotopic (exact) mass is 282 g/mol. The summed E-state index contributed by atoms with van der Waals surface area (Å²) < 4.78 is 2.07. The van der Waals surface area contributed by atoms with E-state index in [9.17, 15) is 0 Å². The zero-order valence-corrected chi connectivity index (χ0v) is 13.5. The average molecular weight is 282 g/mol. The van der Waals surface area contributed by atoms with Gasteiger partial charge in [0.2, 0.25) is 0 Å². The minimum absolute atomic E-state index is 1.22. The zero-order valence-electron chi connectivity index (χ0n) is 13.5. The van der Waals surface area contributed by atoms with Gasteiger partial charge in [-0.2, -0.15) is 0 Å². The molecule has 1 nitrogen and oxygen atoms in total. The minimum atomic E-state index is 1.22. The van der Waals surface area contributed by atoms with Crippen molar-refractivity contribution in [3.8, 4) is 11.1 Å². The van der Waals surface area contributed by atoms with Crippen LogP contribution in [-0.2, 0) is 13.5 Å². The van der Waals surface area contributed by atoms with Crippen LogP contribution in [0.2, 0.25) is 0 Å². The van der Waals surface area contributed by atoms with Crippen LogP contribution in [0.1, 0.15) is 51.0 Å². The molecule has 0 atom stereocenters. The van der Waals surface area contributed by atoms with E-state index >= 15 is 0 Å². The van der Waals surface area contributed by atoms with E-state index in [0.717, 1.165) is 0 Å². The van der Waals surface area contributed by atoms with Gasteiger partial charge in [-0.1, -0.05) is 63.3 Å². The van der Waals surface area contributed by atoms with Crippen molar-refractivity contribution in [1.82, 2.24) is 0 Å². The number of rotatable bonds is 8. The molecule has 1 aromatic heterocycles. The first-order valence-corrected chi connectivity index (χ1v) is 8.34. The number of aryl methyl sites for hydroxylation is 2. The molecule has 1 heteroatoms. The second-order valence-corrected chi connectivity index (χ2v) is 5.97. The number of nitrogens with zero attached hydrogens (tertiary/aromatic N) is 1. The molecule has 0 bridgehead atoms. The van der Waals surface area contributed by atoms with Gasteiger partial charge in [0, 0.05) is 12.1 Å². The molecular formula is C20H28N+. The maximum Gasteiger partial charge on any atom is 0.169 e. The van der Waals surface area contributed by atoms with Crippen LogP contribution in [-0.4, -0.2) is 0 Å². The molecule has 0 unspecified atom stereocenters. The standard InChI is InChI=1S/C20H28N/c1-3-4-5-6-7-8-9-18-10-12-19(13-11-18)20-14-16-21(2)17-15-20/h10-17H,3-9H2,1-2H3/q+1. The molecule has 0 aliphatic rings. The summed E-state index contributed by atoms with van der Waals surface area (Å²) in [4.78, 5) is 0. The molecule has 0 saturated heterocycles. The Morgan fingerprint density at radius 2 is 1.29 bits per heavy atom. The molecule has 0 N–H and O–H groups in total. The van der Waals surface area contributed by atoms with E-state index in [4.69, 9.17) is 0 Å². The number of benzene rings is 1. The SMILES string of the molecule is CCCCCCCCc1ccc(-c2cc[n+](C)cc2)cc1. The maximum atomic E-state index is 2.29. The quantitative estimate of drug-likeness (QED) is 0.469. The van der Waals surface area contributed by atoms with E-state index in [-0.39, 0.29) is 0 Å². The molecule has 2 aromatic rings.